The number of carboxylic acid groups (broad SMARTS) is 2. The first-order valence-corrected chi connectivity index (χ1v) is 8.16. The van der Waals surface area contributed by atoms with Gasteiger partial charge in [-0.1, -0.05) is 19.8 Å². The fraction of sp³-hybridized carbons (Fsp3) is 0.444. The van der Waals surface area contributed by atoms with Crippen LogP contribution in [0.15, 0.2) is 22.8 Å². The van der Waals surface area contributed by atoms with E-state index in [1.807, 2.05) is 6.92 Å². The van der Waals surface area contributed by atoms with Crippen LogP contribution in [0.5, 0.6) is 0 Å². The summed E-state index contributed by atoms with van der Waals surface area (Å²) in [6.07, 6.45) is 6.83. The Morgan fingerprint density at radius 1 is 1.20 bits per heavy atom. The lowest BCUT2D eigenvalue weighted by atomic mass is 10.0. The van der Waals surface area contributed by atoms with Gasteiger partial charge in [0.2, 0.25) is 0 Å². The maximum absolute atomic E-state index is 13.7. The molecule has 0 fully saturated rings. The van der Waals surface area contributed by atoms with Gasteiger partial charge >= 0.3 is 11.9 Å². The van der Waals surface area contributed by atoms with Crippen LogP contribution in [0.3, 0.4) is 0 Å². The summed E-state index contributed by atoms with van der Waals surface area (Å²) in [7, 11) is 0. The first-order chi connectivity index (χ1) is 11.8. The number of halogens is 1. The van der Waals surface area contributed by atoms with Crippen molar-refractivity contribution in [2.75, 3.05) is 0 Å². The second-order valence-corrected chi connectivity index (χ2v) is 5.95. The van der Waals surface area contributed by atoms with Crippen LogP contribution in [-0.2, 0) is 22.4 Å². The van der Waals surface area contributed by atoms with E-state index in [-0.39, 0.29) is 11.9 Å². The maximum atomic E-state index is 13.7. The Morgan fingerprint density at radius 2 is 1.84 bits per heavy atom. The molecule has 2 aromatic rings. The molecule has 7 heteroatoms. The quantitative estimate of drug-likeness (QED) is 0.542. The van der Waals surface area contributed by atoms with E-state index in [2.05, 4.69) is 6.92 Å². The van der Waals surface area contributed by atoms with Crippen molar-refractivity contribution >= 4 is 22.9 Å². The number of fused-ring (bicyclic) bond motifs is 1. The molecule has 0 bridgehead atoms. The average molecular weight is 353 g/mol. The van der Waals surface area contributed by atoms with E-state index in [1.54, 1.807) is 12.3 Å². The maximum Gasteiger partial charge on any atom is 0.414 e. The molecule has 1 aromatic carbocycles. The van der Waals surface area contributed by atoms with Gasteiger partial charge in [0.15, 0.2) is 0 Å². The third-order valence-corrected chi connectivity index (χ3v) is 3.57. The molecule has 25 heavy (non-hydrogen) atoms. The van der Waals surface area contributed by atoms with Crippen molar-refractivity contribution in [2.24, 2.45) is 5.73 Å². The number of unbranched alkanes of at least 4 members (excludes halogenated alkanes) is 2. The lowest BCUT2D eigenvalue weighted by Crippen LogP contribution is -2.17. The molecule has 0 spiro atoms. The van der Waals surface area contributed by atoms with Gasteiger partial charge in [-0.25, -0.2) is 14.0 Å². The topological polar surface area (TPSA) is 114 Å². The fourth-order valence-corrected chi connectivity index (χ4v) is 2.48. The van der Waals surface area contributed by atoms with Gasteiger partial charge in [0.1, 0.15) is 11.4 Å². The van der Waals surface area contributed by atoms with Gasteiger partial charge in [-0.2, -0.15) is 0 Å². The fourth-order valence-electron chi connectivity index (χ4n) is 2.48. The molecule has 0 saturated heterocycles. The standard InChI is InChI=1S/C16H22FNO.C2H2O4/c1-3-4-5-6-12-10-19-16-13(7-11(2)18)8-14(17)9-15(12)16;3-1(4)2(5)6/h8-11H,3-7,18H2,1-2H3;(H,3,4)(H,5,6). The van der Waals surface area contributed by atoms with Crippen LogP contribution in [-0.4, -0.2) is 28.2 Å². The van der Waals surface area contributed by atoms with Crippen molar-refractivity contribution in [2.45, 2.75) is 52.0 Å². The van der Waals surface area contributed by atoms with E-state index >= 15 is 0 Å². The Bertz CT molecular complexity index is 712. The number of aliphatic carboxylic acids is 2. The number of hydrogen-bond donors (Lipinski definition) is 3. The predicted octanol–water partition coefficient (Wildman–Crippen LogP) is 3.35. The zero-order valence-corrected chi connectivity index (χ0v) is 14.4. The Balaban J connectivity index is 0.000000450. The minimum atomic E-state index is -1.82. The minimum absolute atomic E-state index is 0.00126. The molecule has 6 nitrogen and oxygen atoms in total. The van der Waals surface area contributed by atoms with Gasteiger partial charge in [-0.3, -0.25) is 0 Å². The van der Waals surface area contributed by atoms with E-state index in [1.165, 1.54) is 18.9 Å². The molecule has 1 unspecified atom stereocenters. The number of nitrogens with two attached hydrogens (primary N) is 1. The van der Waals surface area contributed by atoms with Crippen molar-refractivity contribution in [3.63, 3.8) is 0 Å². The lowest BCUT2D eigenvalue weighted by Gasteiger charge is -2.06. The molecule has 0 radical (unpaired) electrons. The third-order valence-electron chi connectivity index (χ3n) is 3.57. The molecule has 1 aromatic heterocycles. The van der Waals surface area contributed by atoms with E-state index < -0.39 is 11.9 Å². The first-order valence-electron chi connectivity index (χ1n) is 8.16. The second-order valence-electron chi connectivity index (χ2n) is 5.95. The number of carboxylic acids is 2. The Kier molecular flexibility index (Phi) is 8.07. The molecule has 0 saturated carbocycles. The highest BCUT2D eigenvalue weighted by atomic mass is 19.1. The molecule has 0 aliphatic heterocycles. The van der Waals surface area contributed by atoms with Crippen LogP contribution < -0.4 is 5.73 Å². The number of aryl methyl sites for hydroxylation is 1. The highest BCUT2D eigenvalue weighted by Gasteiger charge is 2.13. The summed E-state index contributed by atoms with van der Waals surface area (Å²) in [6.45, 7) is 4.09. The number of furan rings is 1. The summed E-state index contributed by atoms with van der Waals surface area (Å²) in [4.78, 5) is 18.2. The average Bonchev–Trinajstić information content (AvgIpc) is 2.90. The summed E-state index contributed by atoms with van der Waals surface area (Å²) < 4.78 is 19.4. The molecule has 138 valence electrons. The SMILES string of the molecule is CCCCCc1coc2c(CC(C)N)cc(F)cc12.O=C(O)C(=O)O. The van der Waals surface area contributed by atoms with E-state index in [4.69, 9.17) is 30.0 Å². The van der Waals surface area contributed by atoms with Crippen LogP contribution in [0.1, 0.15) is 44.2 Å². The van der Waals surface area contributed by atoms with Crippen molar-refractivity contribution in [1.82, 2.24) is 0 Å². The van der Waals surface area contributed by atoms with Crippen LogP contribution in [0.4, 0.5) is 4.39 Å². The Labute approximate surface area is 145 Å². The zero-order valence-electron chi connectivity index (χ0n) is 14.4. The number of carbonyl (C=O) groups is 2. The van der Waals surface area contributed by atoms with Gasteiger partial charge in [-0.05, 0) is 49.4 Å². The van der Waals surface area contributed by atoms with E-state index in [0.29, 0.717) is 6.42 Å². The normalized spacial score (nSPS) is 11.7. The Hall–Kier alpha value is -2.41. The van der Waals surface area contributed by atoms with Crippen LogP contribution >= 0.6 is 0 Å². The highest BCUT2D eigenvalue weighted by Crippen LogP contribution is 2.28. The number of benzene rings is 1. The molecular formula is C18H24FNO5. The van der Waals surface area contributed by atoms with Crippen molar-refractivity contribution in [1.29, 1.82) is 0 Å². The molecule has 4 N–H and O–H groups in total. The summed E-state index contributed by atoms with van der Waals surface area (Å²) >= 11 is 0. The minimum Gasteiger partial charge on any atom is -0.473 e. The molecule has 2 rings (SSSR count). The molecular weight excluding hydrogens is 329 g/mol. The number of hydrogen-bond acceptors (Lipinski definition) is 4. The van der Waals surface area contributed by atoms with Crippen molar-refractivity contribution in [3.05, 3.63) is 35.3 Å². The van der Waals surface area contributed by atoms with Crippen molar-refractivity contribution < 1.29 is 28.6 Å². The zero-order chi connectivity index (χ0) is 19.0. The molecule has 0 aliphatic rings. The van der Waals surface area contributed by atoms with Gasteiger partial charge in [0.05, 0.1) is 6.26 Å². The molecule has 1 atom stereocenters. The highest BCUT2D eigenvalue weighted by molar-refractivity contribution is 6.27. The van der Waals surface area contributed by atoms with E-state index in [9.17, 15) is 4.39 Å². The summed E-state index contributed by atoms with van der Waals surface area (Å²) in [5, 5.41) is 15.7. The van der Waals surface area contributed by atoms with Crippen LogP contribution in [0.2, 0.25) is 0 Å². The second kappa shape index (κ2) is 9.78. The number of rotatable bonds is 6. The first kappa shape index (κ1) is 20.6. The molecule has 0 amide bonds. The van der Waals surface area contributed by atoms with Gasteiger partial charge < -0.3 is 20.4 Å². The van der Waals surface area contributed by atoms with Gasteiger partial charge in [0.25, 0.3) is 0 Å². The van der Waals surface area contributed by atoms with Crippen molar-refractivity contribution in [3.8, 4) is 0 Å². The monoisotopic (exact) mass is 353 g/mol. The summed E-state index contributed by atoms with van der Waals surface area (Å²) in [5.41, 5.74) is 8.58. The summed E-state index contributed by atoms with van der Waals surface area (Å²) in [5.74, 6) is -3.86. The molecule has 0 aliphatic carbocycles. The van der Waals surface area contributed by atoms with Gasteiger partial charge in [-0.15, -0.1) is 0 Å². The van der Waals surface area contributed by atoms with Crippen LogP contribution in [0.25, 0.3) is 11.0 Å². The smallest absolute Gasteiger partial charge is 0.414 e. The summed E-state index contributed by atoms with van der Waals surface area (Å²) in [6, 6.07) is 3.11. The predicted molar refractivity (Wildman–Crippen MR) is 92.0 cm³/mol. The lowest BCUT2D eigenvalue weighted by molar-refractivity contribution is -0.159. The third kappa shape index (κ3) is 6.54. The Morgan fingerprint density at radius 3 is 2.36 bits per heavy atom. The van der Waals surface area contributed by atoms with E-state index in [0.717, 1.165) is 34.9 Å². The van der Waals surface area contributed by atoms with Crippen LogP contribution in [0, 0.1) is 5.82 Å². The molecule has 1 heterocycles. The van der Waals surface area contributed by atoms with Gasteiger partial charge in [0, 0.05) is 11.4 Å². The largest absolute Gasteiger partial charge is 0.473 e.